The molecule has 6 heteroatoms. The number of amides is 1. The van der Waals surface area contributed by atoms with Crippen molar-refractivity contribution in [2.75, 3.05) is 32.1 Å². The maximum atomic E-state index is 12.4. The minimum absolute atomic E-state index is 0. The molecule has 2 aromatic carbocycles. The number of fused-ring (bicyclic) bond motifs is 1. The van der Waals surface area contributed by atoms with Gasteiger partial charge in [-0.05, 0) is 56.6 Å². The molecule has 1 heterocycles. The molecule has 3 rings (SSSR count). The second-order valence-electron chi connectivity index (χ2n) is 6.97. The van der Waals surface area contributed by atoms with Gasteiger partial charge in [0.25, 0.3) is 5.91 Å². The number of carbonyl (C=O) groups excluding carboxylic acids is 2. The Balaban J connectivity index is 0.00000280. The maximum Gasteiger partial charge on any atom is 0.262 e. The average molecular weight is 403 g/mol. The van der Waals surface area contributed by atoms with Crippen molar-refractivity contribution in [2.45, 2.75) is 25.7 Å². The molecule has 0 aromatic heterocycles. The van der Waals surface area contributed by atoms with Crippen LogP contribution in [0.2, 0.25) is 0 Å². The third kappa shape index (κ3) is 6.36. The molecule has 28 heavy (non-hydrogen) atoms. The van der Waals surface area contributed by atoms with E-state index in [1.54, 1.807) is 18.2 Å². The number of Topliss-reactive ketones (excluding diaryl/α,β-unsaturated/α-hetero) is 1. The lowest BCUT2D eigenvalue weighted by molar-refractivity contribution is -0.118. The number of halogens is 1. The van der Waals surface area contributed by atoms with Gasteiger partial charge in [0.05, 0.1) is 5.69 Å². The van der Waals surface area contributed by atoms with Crippen molar-refractivity contribution in [3.63, 3.8) is 0 Å². The van der Waals surface area contributed by atoms with Crippen molar-refractivity contribution >= 4 is 29.8 Å². The Morgan fingerprint density at radius 1 is 1.11 bits per heavy atom. The highest BCUT2D eigenvalue weighted by atomic mass is 35.5. The van der Waals surface area contributed by atoms with Crippen LogP contribution in [0.25, 0.3) is 0 Å². The number of rotatable bonds is 9. The highest BCUT2D eigenvalue weighted by molar-refractivity contribution is 6.00. The lowest BCUT2D eigenvalue weighted by Crippen LogP contribution is -2.25. The molecule has 0 bridgehead atoms. The van der Waals surface area contributed by atoms with E-state index in [1.165, 1.54) is 5.56 Å². The Morgan fingerprint density at radius 2 is 1.89 bits per heavy atom. The molecule has 0 unspecified atom stereocenters. The summed E-state index contributed by atoms with van der Waals surface area (Å²) in [6.07, 6.45) is 3.40. The molecule has 0 atom stereocenters. The topological polar surface area (TPSA) is 58.6 Å². The first kappa shape index (κ1) is 21.9. The molecule has 0 radical (unpaired) electrons. The molecular weight excluding hydrogens is 376 g/mol. The number of nitrogens with one attached hydrogen (secondary N) is 1. The molecule has 0 fully saturated rings. The van der Waals surface area contributed by atoms with E-state index in [2.05, 4.69) is 41.5 Å². The van der Waals surface area contributed by atoms with Gasteiger partial charge < -0.3 is 15.0 Å². The zero-order valence-corrected chi connectivity index (χ0v) is 17.0. The number of ketones is 1. The van der Waals surface area contributed by atoms with E-state index >= 15 is 0 Å². The molecule has 2 aromatic rings. The number of nitrogens with zero attached hydrogens (tertiary/aromatic N) is 1. The zero-order valence-electron chi connectivity index (χ0n) is 16.1. The van der Waals surface area contributed by atoms with Crippen LogP contribution in [0.15, 0.2) is 48.5 Å². The van der Waals surface area contributed by atoms with Gasteiger partial charge in [0, 0.05) is 18.5 Å². The van der Waals surface area contributed by atoms with Crippen LogP contribution in [0, 0.1) is 0 Å². The first-order valence-electron chi connectivity index (χ1n) is 9.44. The summed E-state index contributed by atoms with van der Waals surface area (Å²) < 4.78 is 5.32. The lowest BCUT2D eigenvalue weighted by Gasteiger charge is -2.18. The number of anilines is 1. The number of hydrogen-bond acceptors (Lipinski definition) is 4. The monoisotopic (exact) mass is 402 g/mol. The van der Waals surface area contributed by atoms with Crippen LogP contribution in [0.3, 0.4) is 0 Å². The predicted octanol–water partition coefficient (Wildman–Crippen LogP) is 3.97. The Hall–Kier alpha value is -2.37. The van der Waals surface area contributed by atoms with Crippen LogP contribution in [0.1, 0.15) is 35.2 Å². The molecule has 1 aliphatic heterocycles. The Morgan fingerprint density at radius 3 is 2.68 bits per heavy atom. The van der Waals surface area contributed by atoms with E-state index in [1.807, 2.05) is 6.07 Å². The molecule has 5 nitrogen and oxygen atoms in total. The normalized spacial score (nSPS) is 12.6. The van der Waals surface area contributed by atoms with E-state index in [9.17, 15) is 9.59 Å². The predicted molar refractivity (Wildman–Crippen MR) is 114 cm³/mol. The van der Waals surface area contributed by atoms with Gasteiger partial charge in [0.2, 0.25) is 0 Å². The minimum Gasteiger partial charge on any atom is -0.482 e. The van der Waals surface area contributed by atoms with Crippen LogP contribution in [0.5, 0.6) is 5.75 Å². The third-order valence-electron chi connectivity index (χ3n) is 4.75. The second-order valence-corrected chi connectivity index (χ2v) is 6.97. The standard InChI is InChI=1S/C22H26N2O3.ClH/c1-24(14-12-17-7-3-2-4-8-17)13-6-5-9-20(25)18-10-11-21-19(15-18)23-22(26)16-27-21;/h2-4,7-8,10-11,15H,5-6,9,12-14,16H2,1H3,(H,23,26);1H. The first-order valence-corrected chi connectivity index (χ1v) is 9.44. The fraction of sp³-hybridized carbons (Fsp3) is 0.364. The second kappa shape index (κ2) is 10.8. The number of hydrogen-bond donors (Lipinski definition) is 1. The van der Waals surface area contributed by atoms with Crippen LogP contribution >= 0.6 is 12.4 Å². The minimum atomic E-state index is -0.189. The van der Waals surface area contributed by atoms with Crippen molar-refractivity contribution in [1.29, 1.82) is 0 Å². The smallest absolute Gasteiger partial charge is 0.262 e. The van der Waals surface area contributed by atoms with Crippen LogP contribution in [-0.4, -0.2) is 43.3 Å². The summed E-state index contributed by atoms with van der Waals surface area (Å²) in [4.78, 5) is 26.1. The van der Waals surface area contributed by atoms with Crippen molar-refractivity contribution in [1.82, 2.24) is 4.90 Å². The van der Waals surface area contributed by atoms with E-state index < -0.39 is 0 Å². The van der Waals surface area contributed by atoms with Gasteiger partial charge in [-0.3, -0.25) is 9.59 Å². The third-order valence-corrected chi connectivity index (χ3v) is 4.75. The van der Waals surface area contributed by atoms with Crippen LogP contribution in [0.4, 0.5) is 5.69 Å². The molecule has 1 N–H and O–H groups in total. The molecule has 0 saturated heterocycles. The highest BCUT2D eigenvalue weighted by Gasteiger charge is 2.17. The van der Waals surface area contributed by atoms with Gasteiger partial charge in [-0.1, -0.05) is 30.3 Å². The van der Waals surface area contributed by atoms with Crippen molar-refractivity contribution in [2.24, 2.45) is 0 Å². The van der Waals surface area contributed by atoms with Gasteiger partial charge in [-0.2, -0.15) is 0 Å². The molecule has 0 aliphatic carbocycles. The number of ether oxygens (including phenoxy) is 1. The number of benzene rings is 2. The van der Waals surface area contributed by atoms with Gasteiger partial charge in [-0.25, -0.2) is 0 Å². The van der Waals surface area contributed by atoms with E-state index in [4.69, 9.17) is 4.74 Å². The fourth-order valence-corrected chi connectivity index (χ4v) is 3.14. The zero-order chi connectivity index (χ0) is 19.1. The SMILES string of the molecule is CN(CCCCC(=O)c1ccc2c(c1)NC(=O)CO2)CCc1ccccc1.Cl. The van der Waals surface area contributed by atoms with Crippen molar-refractivity contribution < 1.29 is 14.3 Å². The van der Waals surface area contributed by atoms with Crippen molar-refractivity contribution in [3.05, 3.63) is 59.7 Å². The summed E-state index contributed by atoms with van der Waals surface area (Å²) in [6, 6.07) is 15.7. The summed E-state index contributed by atoms with van der Waals surface area (Å²) >= 11 is 0. The Bertz CT molecular complexity index is 796. The first-order chi connectivity index (χ1) is 13.1. The van der Waals surface area contributed by atoms with E-state index in [0.717, 1.165) is 32.4 Å². The fourth-order valence-electron chi connectivity index (χ4n) is 3.14. The van der Waals surface area contributed by atoms with Gasteiger partial charge in [-0.15, -0.1) is 12.4 Å². The van der Waals surface area contributed by atoms with E-state index in [0.29, 0.717) is 23.4 Å². The van der Waals surface area contributed by atoms with Gasteiger partial charge in [0.15, 0.2) is 12.4 Å². The molecule has 150 valence electrons. The molecule has 0 saturated carbocycles. The average Bonchev–Trinajstić information content (AvgIpc) is 2.69. The van der Waals surface area contributed by atoms with E-state index in [-0.39, 0.29) is 30.7 Å². The van der Waals surface area contributed by atoms with Gasteiger partial charge >= 0.3 is 0 Å². The molecule has 0 spiro atoms. The summed E-state index contributed by atoms with van der Waals surface area (Å²) in [7, 11) is 2.12. The Kier molecular flexibility index (Phi) is 8.48. The number of likely N-dealkylation sites (N-methyl/N-ethyl adjacent to an activating group) is 1. The Labute approximate surface area is 172 Å². The van der Waals surface area contributed by atoms with Crippen molar-refractivity contribution in [3.8, 4) is 5.75 Å². The highest BCUT2D eigenvalue weighted by Crippen LogP contribution is 2.29. The summed E-state index contributed by atoms with van der Waals surface area (Å²) in [5.74, 6) is 0.529. The summed E-state index contributed by atoms with van der Waals surface area (Å²) in [5.41, 5.74) is 2.55. The van der Waals surface area contributed by atoms with Crippen LogP contribution in [-0.2, 0) is 11.2 Å². The maximum absolute atomic E-state index is 12.4. The largest absolute Gasteiger partial charge is 0.482 e. The molecule has 1 amide bonds. The number of carbonyl (C=O) groups is 2. The lowest BCUT2D eigenvalue weighted by atomic mass is 10.0. The summed E-state index contributed by atoms with van der Waals surface area (Å²) in [5, 5.41) is 2.74. The van der Waals surface area contributed by atoms with Crippen LogP contribution < -0.4 is 10.1 Å². The quantitative estimate of drug-likeness (QED) is 0.509. The van der Waals surface area contributed by atoms with Gasteiger partial charge in [0.1, 0.15) is 5.75 Å². The summed E-state index contributed by atoms with van der Waals surface area (Å²) in [6.45, 7) is 2.02. The molecular formula is C22H27ClN2O3. The number of unbranched alkanes of at least 4 members (excludes halogenated alkanes) is 1. The molecule has 1 aliphatic rings.